The zero-order valence-corrected chi connectivity index (χ0v) is 6.32. The number of rotatable bonds is 1. The third kappa shape index (κ3) is 1.22. The van der Waals surface area contributed by atoms with Crippen molar-refractivity contribution in [3.8, 4) is 10.8 Å². The van der Waals surface area contributed by atoms with E-state index in [1.807, 2.05) is 5.38 Å². The Kier molecular flexibility index (Phi) is 1.57. The third-order valence-corrected chi connectivity index (χ3v) is 1.89. The van der Waals surface area contributed by atoms with Crippen molar-refractivity contribution >= 4 is 11.3 Å². The van der Waals surface area contributed by atoms with Crippen molar-refractivity contribution < 1.29 is 0 Å². The first-order chi connectivity index (χ1) is 5.47. The van der Waals surface area contributed by atoms with Crippen LogP contribution in [0.5, 0.6) is 0 Å². The highest BCUT2D eigenvalue weighted by Crippen LogP contribution is 2.14. The largest absolute Gasteiger partial charge is 0.241 e. The summed E-state index contributed by atoms with van der Waals surface area (Å²) in [5, 5.41) is 2.71. The summed E-state index contributed by atoms with van der Waals surface area (Å²) < 4.78 is 0. The van der Waals surface area contributed by atoms with Crippen molar-refractivity contribution in [3.63, 3.8) is 0 Å². The molecule has 0 bridgehead atoms. The summed E-state index contributed by atoms with van der Waals surface area (Å²) in [7, 11) is 0. The van der Waals surface area contributed by atoms with Crippen molar-refractivity contribution in [2.75, 3.05) is 0 Å². The van der Waals surface area contributed by atoms with Crippen LogP contribution in [0.25, 0.3) is 10.8 Å². The minimum absolute atomic E-state index is 0.634. The molecular weight excluding hydrogens is 160 g/mol. The summed E-state index contributed by atoms with van der Waals surface area (Å²) in [6.45, 7) is 0. The smallest absolute Gasteiger partial charge is 0.191 e. The van der Waals surface area contributed by atoms with E-state index in [0.717, 1.165) is 5.01 Å². The van der Waals surface area contributed by atoms with Crippen molar-refractivity contribution in [3.05, 3.63) is 24.2 Å². The number of hydrogen-bond acceptors (Lipinski definition) is 5. The Morgan fingerprint density at radius 1 is 1.09 bits per heavy atom. The lowest BCUT2D eigenvalue weighted by Gasteiger charge is -1.88. The predicted molar refractivity (Wildman–Crippen MR) is 40.9 cm³/mol. The van der Waals surface area contributed by atoms with Crippen LogP contribution in [0.3, 0.4) is 0 Å². The zero-order valence-electron chi connectivity index (χ0n) is 5.51. The topological polar surface area (TPSA) is 51.6 Å². The lowest BCUT2D eigenvalue weighted by atomic mass is 10.6. The monoisotopic (exact) mass is 164 g/mol. The molecule has 0 aliphatic carbocycles. The second kappa shape index (κ2) is 2.71. The van der Waals surface area contributed by atoms with Gasteiger partial charge in [-0.05, 0) is 0 Å². The summed E-state index contributed by atoms with van der Waals surface area (Å²) in [5.74, 6) is 0.634. The van der Waals surface area contributed by atoms with Gasteiger partial charge in [0.2, 0.25) is 0 Å². The van der Waals surface area contributed by atoms with E-state index in [0.29, 0.717) is 5.82 Å². The van der Waals surface area contributed by atoms with Crippen LogP contribution in [0, 0.1) is 0 Å². The first-order valence-electron chi connectivity index (χ1n) is 2.98. The van der Waals surface area contributed by atoms with E-state index in [1.165, 1.54) is 24.0 Å². The minimum Gasteiger partial charge on any atom is -0.241 e. The van der Waals surface area contributed by atoms with Gasteiger partial charge >= 0.3 is 0 Å². The molecular formula is C6H4N4S. The fraction of sp³-hybridized carbons (Fsp3) is 0. The quantitative estimate of drug-likeness (QED) is 0.630. The molecule has 11 heavy (non-hydrogen) atoms. The van der Waals surface area contributed by atoms with E-state index in [1.54, 1.807) is 6.20 Å². The standard InChI is InChI=1S/C6H4N4S/c1-2-11-6(8-1)5-9-3-7-4-10-5/h1-4H. The fourth-order valence-electron chi connectivity index (χ4n) is 0.684. The maximum Gasteiger partial charge on any atom is 0.191 e. The van der Waals surface area contributed by atoms with Crippen molar-refractivity contribution in [2.24, 2.45) is 0 Å². The number of thiazole rings is 1. The normalized spacial score (nSPS) is 9.82. The van der Waals surface area contributed by atoms with Crippen LogP contribution in [0.1, 0.15) is 0 Å². The van der Waals surface area contributed by atoms with Gasteiger partial charge in [-0.2, -0.15) is 0 Å². The summed E-state index contributed by atoms with van der Waals surface area (Å²) in [5.41, 5.74) is 0. The number of nitrogens with zero attached hydrogens (tertiary/aromatic N) is 4. The van der Waals surface area contributed by atoms with Gasteiger partial charge in [0.1, 0.15) is 12.7 Å². The Balaban J connectivity index is 2.46. The number of hydrogen-bond donors (Lipinski definition) is 0. The first kappa shape index (κ1) is 6.36. The molecule has 0 atom stereocenters. The van der Waals surface area contributed by atoms with E-state index < -0.39 is 0 Å². The van der Waals surface area contributed by atoms with Crippen LogP contribution in [0.2, 0.25) is 0 Å². The molecule has 0 radical (unpaired) electrons. The first-order valence-corrected chi connectivity index (χ1v) is 3.86. The molecule has 0 aromatic carbocycles. The molecule has 0 aliphatic heterocycles. The van der Waals surface area contributed by atoms with Gasteiger partial charge in [0.05, 0.1) is 0 Å². The third-order valence-electron chi connectivity index (χ3n) is 1.12. The summed E-state index contributed by atoms with van der Waals surface area (Å²) >= 11 is 1.51. The van der Waals surface area contributed by atoms with Crippen LogP contribution in [-0.4, -0.2) is 19.9 Å². The Bertz CT molecular complexity index is 318. The molecule has 0 fully saturated rings. The number of aromatic nitrogens is 4. The van der Waals surface area contributed by atoms with Crippen molar-refractivity contribution in [2.45, 2.75) is 0 Å². The van der Waals surface area contributed by atoms with Crippen LogP contribution in [-0.2, 0) is 0 Å². The van der Waals surface area contributed by atoms with Gasteiger partial charge in [-0.25, -0.2) is 19.9 Å². The summed E-state index contributed by atoms with van der Waals surface area (Å²) in [4.78, 5) is 15.7. The highest BCUT2D eigenvalue weighted by molar-refractivity contribution is 7.12. The summed E-state index contributed by atoms with van der Waals surface area (Å²) in [6.07, 6.45) is 4.65. The highest BCUT2D eigenvalue weighted by Gasteiger charge is 2.00. The maximum atomic E-state index is 4.05. The van der Waals surface area contributed by atoms with Gasteiger partial charge in [0.25, 0.3) is 0 Å². The molecule has 2 aromatic rings. The van der Waals surface area contributed by atoms with Gasteiger partial charge in [-0.15, -0.1) is 11.3 Å². The molecule has 0 saturated carbocycles. The van der Waals surface area contributed by atoms with Crippen molar-refractivity contribution in [1.82, 2.24) is 19.9 Å². The van der Waals surface area contributed by atoms with Gasteiger partial charge in [0.15, 0.2) is 10.8 Å². The van der Waals surface area contributed by atoms with Crippen LogP contribution < -0.4 is 0 Å². The second-order valence-corrected chi connectivity index (χ2v) is 2.69. The van der Waals surface area contributed by atoms with Gasteiger partial charge < -0.3 is 0 Å². The lowest BCUT2D eigenvalue weighted by molar-refractivity contribution is 1.05. The SMILES string of the molecule is c1ncnc(-c2nccs2)n1. The molecule has 5 heteroatoms. The van der Waals surface area contributed by atoms with E-state index in [9.17, 15) is 0 Å². The lowest BCUT2D eigenvalue weighted by Crippen LogP contribution is -1.86. The van der Waals surface area contributed by atoms with Crippen LogP contribution in [0.15, 0.2) is 24.2 Å². The molecule has 0 amide bonds. The van der Waals surface area contributed by atoms with E-state index >= 15 is 0 Å². The highest BCUT2D eigenvalue weighted by atomic mass is 32.1. The Morgan fingerprint density at radius 3 is 2.55 bits per heavy atom. The molecule has 0 unspecified atom stereocenters. The average Bonchev–Trinajstić information content (AvgIpc) is 2.58. The van der Waals surface area contributed by atoms with E-state index in [4.69, 9.17) is 0 Å². The molecule has 0 aliphatic rings. The fourth-order valence-corrected chi connectivity index (χ4v) is 1.27. The Morgan fingerprint density at radius 2 is 1.91 bits per heavy atom. The Labute approximate surface area is 67.0 Å². The average molecular weight is 164 g/mol. The van der Waals surface area contributed by atoms with Crippen LogP contribution in [0.4, 0.5) is 0 Å². The predicted octanol–water partition coefficient (Wildman–Crippen LogP) is 0.995. The minimum atomic E-state index is 0.634. The molecule has 2 rings (SSSR count). The molecule has 0 spiro atoms. The summed E-state index contributed by atoms with van der Waals surface area (Å²) in [6, 6.07) is 0. The van der Waals surface area contributed by atoms with Crippen LogP contribution >= 0.6 is 11.3 Å². The zero-order chi connectivity index (χ0) is 7.52. The molecule has 2 heterocycles. The van der Waals surface area contributed by atoms with Gasteiger partial charge in [-0.1, -0.05) is 0 Å². The molecule has 2 aromatic heterocycles. The van der Waals surface area contributed by atoms with E-state index in [2.05, 4.69) is 19.9 Å². The Hall–Kier alpha value is -1.36. The van der Waals surface area contributed by atoms with Crippen molar-refractivity contribution in [1.29, 1.82) is 0 Å². The van der Waals surface area contributed by atoms with Gasteiger partial charge in [0, 0.05) is 11.6 Å². The molecule has 0 N–H and O–H groups in total. The maximum absolute atomic E-state index is 4.05. The molecule has 54 valence electrons. The van der Waals surface area contributed by atoms with Gasteiger partial charge in [-0.3, -0.25) is 0 Å². The van der Waals surface area contributed by atoms with E-state index in [-0.39, 0.29) is 0 Å². The molecule has 0 saturated heterocycles. The second-order valence-electron chi connectivity index (χ2n) is 1.80. The molecule has 4 nitrogen and oxygen atoms in total.